The summed E-state index contributed by atoms with van der Waals surface area (Å²) >= 11 is 0. The number of nitrogens with zero attached hydrogens (tertiary/aromatic N) is 2. The lowest BCUT2D eigenvalue weighted by molar-refractivity contribution is -0.218. The number of hydrogen-bond acceptors (Lipinski definition) is 5. The zero-order chi connectivity index (χ0) is 28.1. The number of rotatable bonds is 13. The van der Waals surface area contributed by atoms with Gasteiger partial charge in [-0.15, -0.1) is 4.79 Å². The van der Waals surface area contributed by atoms with Crippen molar-refractivity contribution < 1.29 is 28.5 Å². The minimum Gasteiger partial charge on any atom is -0.425 e. The molecule has 0 aromatic heterocycles. The summed E-state index contributed by atoms with van der Waals surface area (Å²) in [7, 11) is 0. The van der Waals surface area contributed by atoms with E-state index >= 15 is 0 Å². The van der Waals surface area contributed by atoms with E-state index < -0.39 is 24.4 Å². The quantitative estimate of drug-likeness (QED) is 0.151. The first-order valence-electron chi connectivity index (χ1n) is 13.8. The van der Waals surface area contributed by atoms with Crippen molar-refractivity contribution >= 4 is 5.90 Å². The lowest BCUT2D eigenvalue weighted by Crippen LogP contribution is -2.59. The van der Waals surface area contributed by atoms with Crippen molar-refractivity contribution in [3.63, 3.8) is 0 Å². The van der Waals surface area contributed by atoms with Crippen molar-refractivity contribution in [3.8, 4) is 0 Å². The average molecular weight is 551 g/mol. The molecule has 7 nitrogen and oxygen atoms in total. The summed E-state index contributed by atoms with van der Waals surface area (Å²) in [6, 6.07) is 39.6. The van der Waals surface area contributed by atoms with Crippen molar-refractivity contribution in [2.75, 3.05) is 6.61 Å². The first-order chi connectivity index (χ1) is 20.3. The monoisotopic (exact) mass is 550 g/mol. The molecule has 0 saturated carbocycles. The Labute approximate surface area is 240 Å². The van der Waals surface area contributed by atoms with Gasteiger partial charge >= 0.3 is 5.90 Å². The van der Waals surface area contributed by atoms with Gasteiger partial charge in [0.25, 0.3) is 0 Å². The molecule has 0 spiro atoms. The number of ether oxygens (including phenoxy) is 5. The Morgan fingerprint density at radius 1 is 0.537 bits per heavy atom. The third kappa shape index (κ3) is 8.21. The topological polar surface area (TPSA) is 82.6 Å². The predicted octanol–water partition coefficient (Wildman–Crippen LogP) is 5.99. The summed E-state index contributed by atoms with van der Waals surface area (Å²) in [6.45, 7) is 1.54. The van der Waals surface area contributed by atoms with Crippen LogP contribution in [-0.4, -0.2) is 41.7 Å². The first-order valence-corrected chi connectivity index (χ1v) is 13.8. The van der Waals surface area contributed by atoms with Gasteiger partial charge in [0.1, 0.15) is 12.2 Å². The third-order valence-corrected chi connectivity index (χ3v) is 6.84. The minimum atomic E-state index is -0.810. The molecule has 210 valence electrons. The molecule has 0 unspecified atom stereocenters. The van der Waals surface area contributed by atoms with Gasteiger partial charge in [-0.25, -0.2) is 0 Å². The molecule has 1 aliphatic heterocycles. The predicted molar refractivity (Wildman–Crippen MR) is 155 cm³/mol. The molecule has 0 radical (unpaired) electrons. The Morgan fingerprint density at radius 2 is 0.951 bits per heavy atom. The van der Waals surface area contributed by atoms with Gasteiger partial charge in [0.2, 0.25) is 6.10 Å². The third-order valence-electron chi connectivity index (χ3n) is 6.84. The molecular formula is C34H34N2O5. The normalized spacial score (nSPS) is 20.2. The fraction of sp³-hybridized carbons (Fsp3) is 0.265. The minimum absolute atomic E-state index is 0.0341. The fourth-order valence-corrected chi connectivity index (χ4v) is 4.73. The van der Waals surface area contributed by atoms with E-state index in [4.69, 9.17) is 23.7 Å². The van der Waals surface area contributed by atoms with E-state index in [9.17, 15) is 5.53 Å². The lowest BCUT2D eigenvalue weighted by atomic mass is 9.98. The van der Waals surface area contributed by atoms with Crippen LogP contribution in [0.15, 0.2) is 121 Å². The van der Waals surface area contributed by atoms with Crippen molar-refractivity contribution in [1.29, 1.82) is 0 Å². The van der Waals surface area contributed by atoms with E-state index in [-0.39, 0.29) is 19.1 Å². The van der Waals surface area contributed by atoms with E-state index in [1.54, 1.807) is 0 Å². The SMILES string of the molecule is [N-]=[N+]=C1O[C@H](COCc2ccccc2)[C@@H](OCc2ccccc2)[C@H](OCc2ccccc2)[C@H]1OCc1ccccc1. The van der Waals surface area contributed by atoms with Gasteiger partial charge in [-0.1, -0.05) is 121 Å². The largest absolute Gasteiger partial charge is 0.482 e. The van der Waals surface area contributed by atoms with Crippen LogP contribution in [0.3, 0.4) is 0 Å². The molecule has 4 aromatic rings. The highest BCUT2D eigenvalue weighted by Crippen LogP contribution is 2.28. The highest BCUT2D eigenvalue weighted by atomic mass is 16.6. The zero-order valence-corrected chi connectivity index (χ0v) is 22.8. The maximum atomic E-state index is 10.0. The molecule has 0 amide bonds. The van der Waals surface area contributed by atoms with E-state index in [2.05, 4.69) is 4.79 Å². The molecule has 1 heterocycles. The van der Waals surface area contributed by atoms with Crippen LogP contribution in [0.4, 0.5) is 0 Å². The Bertz CT molecular complexity index is 1370. The summed E-state index contributed by atoms with van der Waals surface area (Å²) in [6.07, 6.45) is -2.64. The molecular weight excluding hydrogens is 516 g/mol. The molecule has 4 atom stereocenters. The highest BCUT2D eigenvalue weighted by molar-refractivity contribution is 5.77. The standard InChI is InChI=1S/C34H34N2O5/c35-36-34-33(40-24-29-19-11-4-12-20-29)32(39-23-28-17-9-3-10-18-28)31(38-22-27-15-7-2-8-16-27)30(41-34)25-37-21-26-13-5-1-6-14-26/h1-20,30-33H,21-25H2/t30-,31-,32+,33-/m1/s1. The molecule has 1 saturated heterocycles. The molecule has 0 bridgehead atoms. The Kier molecular flexibility index (Phi) is 10.4. The second kappa shape index (κ2) is 15.1. The van der Waals surface area contributed by atoms with E-state index in [1.165, 1.54) is 0 Å². The van der Waals surface area contributed by atoms with Crippen molar-refractivity contribution in [3.05, 3.63) is 149 Å². The second-order valence-electron chi connectivity index (χ2n) is 9.83. The summed E-state index contributed by atoms with van der Waals surface area (Å²) in [5, 5.41) is 0. The number of hydrogen-bond donors (Lipinski definition) is 0. The van der Waals surface area contributed by atoms with Crippen LogP contribution >= 0.6 is 0 Å². The zero-order valence-electron chi connectivity index (χ0n) is 22.8. The summed E-state index contributed by atoms with van der Waals surface area (Å²) < 4.78 is 31.6. The lowest BCUT2D eigenvalue weighted by Gasteiger charge is -2.39. The Hall–Kier alpha value is -4.10. The Morgan fingerprint density at radius 3 is 1.41 bits per heavy atom. The fourth-order valence-electron chi connectivity index (χ4n) is 4.73. The molecule has 41 heavy (non-hydrogen) atoms. The molecule has 5 rings (SSSR count). The van der Waals surface area contributed by atoms with Crippen LogP contribution in [0.2, 0.25) is 0 Å². The van der Waals surface area contributed by atoms with Gasteiger partial charge in [-0.2, -0.15) is 0 Å². The molecule has 7 heteroatoms. The van der Waals surface area contributed by atoms with Crippen LogP contribution in [-0.2, 0) is 50.1 Å². The molecule has 0 aliphatic carbocycles. The van der Waals surface area contributed by atoms with Crippen LogP contribution in [0.5, 0.6) is 0 Å². The highest BCUT2D eigenvalue weighted by Gasteiger charge is 2.51. The maximum absolute atomic E-state index is 10.0. The van der Waals surface area contributed by atoms with Crippen LogP contribution in [0, 0.1) is 0 Å². The summed E-state index contributed by atoms with van der Waals surface area (Å²) in [5.74, 6) is 0.0341. The summed E-state index contributed by atoms with van der Waals surface area (Å²) in [4.78, 5) is 3.49. The van der Waals surface area contributed by atoms with Gasteiger partial charge in [0.05, 0.1) is 33.0 Å². The van der Waals surface area contributed by atoms with Gasteiger partial charge in [0, 0.05) is 0 Å². The van der Waals surface area contributed by atoms with E-state index in [1.807, 2.05) is 121 Å². The van der Waals surface area contributed by atoms with Crippen molar-refractivity contribution in [1.82, 2.24) is 0 Å². The Balaban J connectivity index is 1.40. The van der Waals surface area contributed by atoms with Gasteiger partial charge < -0.3 is 29.2 Å². The van der Waals surface area contributed by atoms with Crippen LogP contribution < -0.4 is 0 Å². The molecule has 1 aliphatic rings. The van der Waals surface area contributed by atoms with Crippen molar-refractivity contribution in [2.24, 2.45) is 0 Å². The van der Waals surface area contributed by atoms with E-state index in [0.717, 1.165) is 22.3 Å². The van der Waals surface area contributed by atoms with Gasteiger partial charge in [0.15, 0.2) is 6.10 Å². The second-order valence-corrected chi connectivity index (χ2v) is 9.83. The molecule has 0 N–H and O–H groups in total. The molecule has 1 fully saturated rings. The van der Waals surface area contributed by atoms with Gasteiger partial charge in [-0.05, 0) is 22.3 Å². The average Bonchev–Trinajstić information content (AvgIpc) is 3.04. The summed E-state index contributed by atoms with van der Waals surface area (Å²) in [5.41, 5.74) is 14.1. The number of benzene rings is 4. The van der Waals surface area contributed by atoms with Gasteiger partial charge in [-0.3, -0.25) is 0 Å². The van der Waals surface area contributed by atoms with Crippen LogP contribution in [0.1, 0.15) is 22.3 Å². The molecule has 4 aromatic carbocycles. The smallest absolute Gasteiger partial charge is 0.425 e. The van der Waals surface area contributed by atoms with Crippen molar-refractivity contribution in [2.45, 2.75) is 50.8 Å². The van der Waals surface area contributed by atoms with Crippen LogP contribution in [0.25, 0.3) is 5.53 Å². The maximum Gasteiger partial charge on any atom is 0.482 e. The van der Waals surface area contributed by atoms with E-state index in [0.29, 0.717) is 19.8 Å². The first kappa shape index (κ1) is 28.4.